The van der Waals surface area contributed by atoms with Crippen molar-refractivity contribution in [3.05, 3.63) is 21.0 Å². The molecule has 0 radical (unpaired) electrons. The first-order chi connectivity index (χ1) is 9.83. The first-order valence-corrected chi connectivity index (χ1v) is 8.27. The van der Waals surface area contributed by atoms with Crippen molar-refractivity contribution in [3.63, 3.8) is 0 Å². The van der Waals surface area contributed by atoms with Gasteiger partial charge in [-0.3, -0.25) is 0 Å². The monoisotopic (exact) mass is 433 g/mol. The second-order valence-electron chi connectivity index (χ2n) is 5.13. The van der Waals surface area contributed by atoms with Crippen LogP contribution in [-0.2, 0) is 11.3 Å². The van der Waals surface area contributed by atoms with Crippen LogP contribution in [0.25, 0.3) is 0 Å². The van der Waals surface area contributed by atoms with Crippen molar-refractivity contribution in [1.29, 1.82) is 0 Å². The van der Waals surface area contributed by atoms with Crippen molar-refractivity contribution in [1.82, 2.24) is 5.32 Å². The highest BCUT2D eigenvalue weighted by molar-refractivity contribution is 9.13. The molecule has 2 atom stereocenters. The summed E-state index contributed by atoms with van der Waals surface area (Å²) in [5.41, 5.74) is 0. The van der Waals surface area contributed by atoms with Crippen LogP contribution < -0.4 is 5.32 Å². The van der Waals surface area contributed by atoms with Gasteiger partial charge in [0.1, 0.15) is 12.4 Å². The van der Waals surface area contributed by atoms with Gasteiger partial charge in [-0.25, -0.2) is 0 Å². The normalized spacial score (nSPS) is 23.5. The van der Waals surface area contributed by atoms with Crippen LogP contribution in [-0.4, -0.2) is 24.9 Å². The van der Waals surface area contributed by atoms with Crippen molar-refractivity contribution < 1.29 is 22.3 Å². The van der Waals surface area contributed by atoms with Crippen LogP contribution in [0.4, 0.5) is 13.2 Å². The maximum Gasteiger partial charge on any atom is 0.411 e. The van der Waals surface area contributed by atoms with E-state index in [-0.39, 0.29) is 12.1 Å². The van der Waals surface area contributed by atoms with Crippen LogP contribution in [0, 0.1) is 0 Å². The van der Waals surface area contributed by atoms with Crippen LogP contribution in [0.15, 0.2) is 19.6 Å². The van der Waals surface area contributed by atoms with E-state index in [4.69, 9.17) is 9.15 Å². The highest BCUT2D eigenvalue weighted by Gasteiger charge is 2.31. The Morgan fingerprint density at radius 3 is 2.71 bits per heavy atom. The van der Waals surface area contributed by atoms with Crippen molar-refractivity contribution in [2.24, 2.45) is 0 Å². The summed E-state index contributed by atoms with van der Waals surface area (Å²) in [6.07, 6.45) is -1.49. The molecule has 1 aromatic rings. The Morgan fingerprint density at radius 1 is 1.33 bits per heavy atom. The fourth-order valence-electron chi connectivity index (χ4n) is 2.42. The van der Waals surface area contributed by atoms with E-state index in [2.05, 4.69) is 37.2 Å². The molecule has 8 heteroatoms. The quantitative estimate of drug-likeness (QED) is 0.723. The molecule has 1 aromatic heterocycles. The highest BCUT2D eigenvalue weighted by Crippen LogP contribution is 2.28. The molecule has 0 saturated heterocycles. The Bertz CT molecular complexity index is 445. The SMILES string of the molecule is FC(F)(F)COC1CCCC(NCc2cc(Br)c(Br)o2)C1. The first-order valence-electron chi connectivity index (χ1n) is 6.69. The lowest BCUT2D eigenvalue weighted by Gasteiger charge is -2.30. The minimum atomic E-state index is -4.26. The third-order valence-corrected chi connectivity index (χ3v) is 5.08. The number of ether oxygens (including phenoxy) is 1. The Hall–Kier alpha value is -0.0500. The Labute approximate surface area is 137 Å². The van der Waals surface area contributed by atoms with Gasteiger partial charge in [-0.1, -0.05) is 0 Å². The minimum absolute atomic E-state index is 0.152. The van der Waals surface area contributed by atoms with Gasteiger partial charge in [0.05, 0.1) is 17.1 Å². The lowest BCUT2D eigenvalue weighted by molar-refractivity contribution is -0.188. The molecule has 0 bridgehead atoms. The summed E-state index contributed by atoms with van der Waals surface area (Å²) < 4.78 is 48.3. The molecule has 1 fully saturated rings. The molecule has 1 aliphatic carbocycles. The summed E-state index contributed by atoms with van der Waals surface area (Å²) in [6.45, 7) is -0.622. The fourth-order valence-corrected chi connectivity index (χ4v) is 3.08. The zero-order valence-corrected chi connectivity index (χ0v) is 14.4. The van der Waals surface area contributed by atoms with Crippen LogP contribution in [0.1, 0.15) is 31.4 Å². The molecule has 1 heterocycles. The van der Waals surface area contributed by atoms with E-state index in [1.54, 1.807) is 0 Å². The maximum atomic E-state index is 12.2. The van der Waals surface area contributed by atoms with Gasteiger partial charge in [0.2, 0.25) is 0 Å². The lowest BCUT2D eigenvalue weighted by atomic mass is 9.93. The van der Waals surface area contributed by atoms with Crippen molar-refractivity contribution in [2.45, 2.75) is 50.6 Å². The summed E-state index contributed by atoms with van der Waals surface area (Å²) in [5.74, 6) is 0.770. The highest BCUT2D eigenvalue weighted by atomic mass is 79.9. The minimum Gasteiger partial charge on any atom is -0.452 e. The average molecular weight is 435 g/mol. The molecule has 3 nitrogen and oxygen atoms in total. The number of furan rings is 1. The summed E-state index contributed by atoms with van der Waals surface area (Å²) in [7, 11) is 0. The molecule has 1 N–H and O–H groups in total. The molecule has 2 rings (SSSR count). The van der Waals surface area contributed by atoms with E-state index in [1.807, 2.05) is 6.07 Å². The van der Waals surface area contributed by atoms with Crippen molar-refractivity contribution >= 4 is 31.9 Å². The molecule has 0 spiro atoms. The van der Waals surface area contributed by atoms with Gasteiger partial charge in [-0.15, -0.1) is 0 Å². The van der Waals surface area contributed by atoms with E-state index in [0.29, 0.717) is 24.1 Å². The first kappa shape index (κ1) is 17.3. The van der Waals surface area contributed by atoms with Gasteiger partial charge in [0.15, 0.2) is 4.67 Å². The van der Waals surface area contributed by atoms with E-state index in [1.165, 1.54) is 0 Å². The number of hydrogen-bond donors (Lipinski definition) is 1. The van der Waals surface area contributed by atoms with E-state index < -0.39 is 12.8 Å². The predicted molar refractivity (Wildman–Crippen MR) is 79.0 cm³/mol. The van der Waals surface area contributed by atoms with E-state index in [0.717, 1.165) is 23.1 Å². The average Bonchev–Trinajstić information content (AvgIpc) is 2.73. The van der Waals surface area contributed by atoms with Crippen molar-refractivity contribution in [2.75, 3.05) is 6.61 Å². The van der Waals surface area contributed by atoms with Gasteiger partial charge in [0, 0.05) is 6.04 Å². The second kappa shape index (κ2) is 7.48. The topological polar surface area (TPSA) is 34.4 Å². The van der Waals surface area contributed by atoms with Crippen LogP contribution >= 0.6 is 31.9 Å². The molecular formula is C13H16Br2F3NO2. The zero-order chi connectivity index (χ0) is 15.5. The molecule has 0 amide bonds. The molecule has 21 heavy (non-hydrogen) atoms. The van der Waals surface area contributed by atoms with Crippen LogP contribution in [0.3, 0.4) is 0 Å². The van der Waals surface area contributed by atoms with Gasteiger partial charge < -0.3 is 14.5 Å². The van der Waals surface area contributed by atoms with E-state index >= 15 is 0 Å². The van der Waals surface area contributed by atoms with Gasteiger partial charge in [-0.05, 0) is 63.6 Å². The number of alkyl halides is 3. The predicted octanol–water partition coefficient (Wildman–Crippen LogP) is 4.78. The summed E-state index contributed by atoms with van der Waals surface area (Å²) >= 11 is 6.60. The number of hydrogen-bond acceptors (Lipinski definition) is 3. The second-order valence-corrected chi connectivity index (χ2v) is 6.70. The van der Waals surface area contributed by atoms with Crippen LogP contribution in [0.5, 0.6) is 0 Å². The molecule has 2 unspecified atom stereocenters. The standard InChI is InChI=1S/C13H16Br2F3NO2/c14-11-5-10(21-12(11)15)6-19-8-2-1-3-9(4-8)20-7-13(16,17)18/h5,8-9,19H,1-4,6-7H2. The number of nitrogens with one attached hydrogen (secondary N) is 1. The molecule has 0 aliphatic heterocycles. The zero-order valence-electron chi connectivity index (χ0n) is 11.2. The molecule has 1 saturated carbocycles. The Kier molecular flexibility index (Phi) is 6.16. The number of halogens is 5. The third kappa shape index (κ3) is 5.92. The van der Waals surface area contributed by atoms with Gasteiger partial charge in [0.25, 0.3) is 0 Å². The Balaban J connectivity index is 1.76. The Morgan fingerprint density at radius 2 is 2.10 bits per heavy atom. The maximum absolute atomic E-state index is 12.2. The fraction of sp³-hybridized carbons (Fsp3) is 0.692. The molecule has 1 aliphatic rings. The summed E-state index contributed by atoms with van der Waals surface area (Å²) in [6, 6.07) is 2.01. The molecule has 120 valence electrons. The van der Waals surface area contributed by atoms with Crippen molar-refractivity contribution in [3.8, 4) is 0 Å². The summed E-state index contributed by atoms with van der Waals surface area (Å²) in [4.78, 5) is 0. The van der Waals surface area contributed by atoms with Gasteiger partial charge in [-0.2, -0.15) is 13.2 Å². The van der Waals surface area contributed by atoms with Crippen LogP contribution in [0.2, 0.25) is 0 Å². The summed E-state index contributed by atoms with van der Waals surface area (Å²) in [5, 5.41) is 3.31. The number of rotatable bonds is 5. The molecule has 0 aromatic carbocycles. The van der Waals surface area contributed by atoms with E-state index in [9.17, 15) is 13.2 Å². The third-order valence-electron chi connectivity index (χ3n) is 3.37. The smallest absolute Gasteiger partial charge is 0.411 e. The largest absolute Gasteiger partial charge is 0.452 e. The molecular weight excluding hydrogens is 419 g/mol. The van der Waals surface area contributed by atoms with Gasteiger partial charge >= 0.3 is 6.18 Å². The lowest BCUT2D eigenvalue weighted by Crippen LogP contribution is -2.37.